The van der Waals surface area contributed by atoms with Crippen LogP contribution in [0.15, 0.2) is 29.1 Å². The molecule has 98 valence electrons. The van der Waals surface area contributed by atoms with E-state index in [-0.39, 0.29) is 5.56 Å². The van der Waals surface area contributed by atoms with Crippen molar-refractivity contribution in [1.82, 2.24) is 14.4 Å². The first kappa shape index (κ1) is 12.0. The van der Waals surface area contributed by atoms with Crippen molar-refractivity contribution in [3.05, 3.63) is 45.9 Å². The minimum Gasteiger partial charge on any atom is -0.328 e. The van der Waals surface area contributed by atoms with Crippen LogP contribution in [-0.4, -0.2) is 14.4 Å². The zero-order valence-corrected chi connectivity index (χ0v) is 11.4. The molecule has 0 fully saturated rings. The third-order valence-electron chi connectivity index (χ3n) is 3.84. The molecule has 0 aliphatic carbocycles. The maximum absolute atomic E-state index is 12.5. The second-order valence-corrected chi connectivity index (χ2v) is 5.04. The first-order chi connectivity index (χ1) is 9.13. The van der Waals surface area contributed by atoms with E-state index in [9.17, 15) is 4.79 Å². The van der Waals surface area contributed by atoms with Crippen molar-refractivity contribution in [3.63, 3.8) is 0 Å². The van der Waals surface area contributed by atoms with E-state index in [1.54, 1.807) is 4.40 Å². The van der Waals surface area contributed by atoms with Crippen LogP contribution in [0.5, 0.6) is 0 Å². The predicted octanol–water partition coefficient (Wildman–Crippen LogP) is 3.00. The van der Waals surface area contributed by atoms with Gasteiger partial charge in [0.2, 0.25) is 5.78 Å². The highest BCUT2D eigenvalue weighted by Gasteiger charge is 2.15. The van der Waals surface area contributed by atoms with Crippen molar-refractivity contribution in [2.45, 2.75) is 33.1 Å². The van der Waals surface area contributed by atoms with E-state index >= 15 is 0 Å². The van der Waals surface area contributed by atoms with Crippen LogP contribution in [0, 0.1) is 6.92 Å². The molecule has 2 heterocycles. The highest BCUT2D eigenvalue weighted by Crippen LogP contribution is 2.20. The maximum atomic E-state index is 12.5. The lowest BCUT2D eigenvalue weighted by atomic mass is 10.0. The van der Waals surface area contributed by atoms with Gasteiger partial charge in [0, 0.05) is 11.3 Å². The molecular formula is C15H17N3O. The Balaban J connectivity index is 2.46. The molecule has 3 rings (SSSR count). The summed E-state index contributed by atoms with van der Waals surface area (Å²) in [5.74, 6) is 0.963. The maximum Gasteiger partial charge on any atom is 0.262 e. The molecule has 0 saturated heterocycles. The number of para-hydroxylation sites is 2. The quantitative estimate of drug-likeness (QED) is 0.765. The predicted molar refractivity (Wildman–Crippen MR) is 76.8 cm³/mol. The summed E-state index contributed by atoms with van der Waals surface area (Å²) >= 11 is 0. The van der Waals surface area contributed by atoms with Crippen molar-refractivity contribution in [2.24, 2.45) is 0 Å². The molecule has 4 nitrogen and oxygen atoms in total. The van der Waals surface area contributed by atoms with Crippen LogP contribution in [0.1, 0.15) is 37.4 Å². The molecule has 0 amide bonds. The second-order valence-electron chi connectivity index (χ2n) is 5.04. The van der Waals surface area contributed by atoms with Crippen molar-refractivity contribution >= 4 is 16.8 Å². The largest absolute Gasteiger partial charge is 0.328 e. The number of nitrogens with one attached hydrogen (secondary N) is 1. The SMILES string of the molecule is CC[C@H](C)c1[nH]c2nc3ccccc3n2c(=O)c1C. The number of aromatic nitrogens is 3. The fourth-order valence-electron chi connectivity index (χ4n) is 2.51. The number of imidazole rings is 1. The smallest absolute Gasteiger partial charge is 0.262 e. The first-order valence-electron chi connectivity index (χ1n) is 6.63. The normalized spacial score (nSPS) is 13.2. The third-order valence-corrected chi connectivity index (χ3v) is 3.84. The Labute approximate surface area is 111 Å². The summed E-state index contributed by atoms with van der Waals surface area (Å²) in [6.07, 6.45) is 0.993. The van der Waals surface area contributed by atoms with Gasteiger partial charge in [0.25, 0.3) is 5.56 Å². The van der Waals surface area contributed by atoms with Crippen LogP contribution >= 0.6 is 0 Å². The molecule has 0 spiro atoms. The number of hydrogen-bond donors (Lipinski definition) is 1. The number of hydrogen-bond acceptors (Lipinski definition) is 2. The third kappa shape index (κ3) is 1.67. The number of H-pyrrole nitrogens is 1. The molecule has 1 N–H and O–H groups in total. The zero-order chi connectivity index (χ0) is 13.6. The number of aromatic amines is 1. The van der Waals surface area contributed by atoms with Gasteiger partial charge in [0.05, 0.1) is 11.0 Å². The fourth-order valence-corrected chi connectivity index (χ4v) is 2.51. The molecular weight excluding hydrogens is 238 g/mol. The van der Waals surface area contributed by atoms with Gasteiger partial charge >= 0.3 is 0 Å². The average Bonchev–Trinajstić information content (AvgIpc) is 2.80. The molecule has 0 unspecified atom stereocenters. The zero-order valence-electron chi connectivity index (χ0n) is 11.4. The molecule has 1 aromatic carbocycles. The number of benzene rings is 1. The monoisotopic (exact) mass is 255 g/mol. The molecule has 19 heavy (non-hydrogen) atoms. The molecule has 1 atom stereocenters. The second kappa shape index (κ2) is 4.23. The van der Waals surface area contributed by atoms with Crippen LogP contribution in [-0.2, 0) is 0 Å². The van der Waals surface area contributed by atoms with E-state index in [4.69, 9.17) is 0 Å². The average molecular weight is 255 g/mol. The summed E-state index contributed by atoms with van der Waals surface area (Å²) in [5.41, 5.74) is 3.51. The van der Waals surface area contributed by atoms with E-state index in [1.165, 1.54) is 0 Å². The van der Waals surface area contributed by atoms with Gasteiger partial charge in [0.15, 0.2) is 0 Å². The lowest BCUT2D eigenvalue weighted by molar-refractivity contribution is 0.697. The summed E-state index contributed by atoms with van der Waals surface area (Å²) < 4.78 is 1.66. The Morgan fingerprint density at radius 1 is 1.37 bits per heavy atom. The summed E-state index contributed by atoms with van der Waals surface area (Å²) in [7, 11) is 0. The van der Waals surface area contributed by atoms with Crippen LogP contribution in [0.4, 0.5) is 0 Å². The molecule has 2 aromatic heterocycles. The molecule has 0 aliphatic rings. The molecule has 0 aliphatic heterocycles. The Morgan fingerprint density at radius 3 is 2.84 bits per heavy atom. The van der Waals surface area contributed by atoms with Crippen LogP contribution in [0.3, 0.4) is 0 Å². The van der Waals surface area contributed by atoms with Gasteiger partial charge in [-0.15, -0.1) is 0 Å². The van der Waals surface area contributed by atoms with E-state index in [2.05, 4.69) is 23.8 Å². The Kier molecular flexibility index (Phi) is 2.66. The van der Waals surface area contributed by atoms with Crippen molar-refractivity contribution in [2.75, 3.05) is 0 Å². The highest BCUT2D eigenvalue weighted by molar-refractivity contribution is 5.79. The van der Waals surface area contributed by atoms with E-state index in [0.29, 0.717) is 11.7 Å². The fraction of sp³-hybridized carbons (Fsp3) is 0.333. The van der Waals surface area contributed by atoms with Crippen LogP contribution in [0.2, 0.25) is 0 Å². The summed E-state index contributed by atoms with van der Waals surface area (Å²) in [6, 6.07) is 7.70. The molecule has 0 radical (unpaired) electrons. The molecule has 0 bridgehead atoms. The van der Waals surface area contributed by atoms with Crippen molar-refractivity contribution in [3.8, 4) is 0 Å². The minimum absolute atomic E-state index is 0.0257. The van der Waals surface area contributed by atoms with Crippen LogP contribution < -0.4 is 5.56 Å². The van der Waals surface area contributed by atoms with E-state index < -0.39 is 0 Å². The number of fused-ring (bicyclic) bond motifs is 3. The molecule has 3 aromatic rings. The topological polar surface area (TPSA) is 50.2 Å². The van der Waals surface area contributed by atoms with Gasteiger partial charge in [-0.25, -0.2) is 9.38 Å². The molecule has 0 saturated carbocycles. The van der Waals surface area contributed by atoms with Gasteiger partial charge in [-0.2, -0.15) is 0 Å². The lowest BCUT2D eigenvalue weighted by Crippen LogP contribution is -2.20. The van der Waals surface area contributed by atoms with Crippen LogP contribution in [0.25, 0.3) is 16.8 Å². The number of rotatable bonds is 2. The van der Waals surface area contributed by atoms with Gasteiger partial charge in [-0.05, 0) is 31.4 Å². The Morgan fingerprint density at radius 2 is 2.11 bits per heavy atom. The van der Waals surface area contributed by atoms with E-state index in [0.717, 1.165) is 28.7 Å². The van der Waals surface area contributed by atoms with Crippen molar-refractivity contribution in [1.29, 1.82) is 0 Å². The summed E-state index contributed by atoms with van der Waals surface area (Å²) in [6.45, 7) is 6.13. The summed E-state index contributed by atoms with van der Waals surface area (Å²) in [5, 5.41) is 0. The van der Waals surface area contributed by atoms with Crippen molar-refractivity contribution < 1.29 is 0 Å². The standard InChI is InChI=1S/C15H17N3O/c1-4-9(2)13-10(3)14(19)18-12-8-6-5-7-11(12)16-15(18)17-13/h5-9H,4H2,1-3H3,(H,16,17)/t9-/m0/s1. The Hall–Kier alpha value is -2.10. The van der Waals surface area contributed by atoms with Gasteiger partial charge in [-0.1, -0.05) is 26.0 Å². The highest BCUT2D eigenvalue weighted by atomic mass is 16.1. The Bertz CT molecular complexity index is 813. The van der Waals surface area contributed by atoms with Gasteiger partial charge in [-0.3, -0.25) is 4.79 Å². The lowest BCUT2D eigenvalue weighted by Gasteiger charge is -2.12. The number of nitrogens with zero attached hydrogens (tertiary/aromatic N) is 2. The van der Waals surface area contributed by atoms with E-state index in [1.807, 2.05) is 31.2 Å². The first-order valence-corrected chi connectivity index (χ1v) is 6.63. The molecule has 4 heteroatoms. The summed E-state index contributed by atoms with van der Waals surface area (Å²) in [4.78, 5) is 20.4. The van der Waals surface area contributed by atoms with Gasteiger partial charge in [0.1, 0.15) is 0 Å². The van der Waals surface area contributed by atoms with Gasteiger partial charge < -0.3 is 4.98 Å². The minimum atomic E-state index is 0.0257.